The molecule has 3 rings (SSSR count). The highest BCUT2D eigenvalue weighted by Gasteiger charge is 2.34. The van der Waals surface area contributed by atoms with Crippen LogP contribution in [0.5, 0.6) is 5.75 Å². The standard InChI is InChI=1S/C22H26Cl2N2O4S/c1-14(2)16-4-7-20(30-3)21(12-16)31(28,29)26-10-8-15(9-11-26)22(27)25-19-6-5-17(23)13-18(19)24/h4-7,12-15H,8-11H2,1-3H3,(H,25,27). The van der Waals surface area contributed by atoms with E-state index in [2.05, 4.69) is 5.32 Å². The Balaban J connectivity index is 1.71. The van der Waals surface area contributed by atoms with Crippen molar-refractivity contribution in [1.82, 2.24) is 4.31 Å². The van der Waals surface area contributed by atoms with Gasteiger partial charge in [-0.1, -0.05) is 43.1 Å². The van der Waals surface area contributed by atoms with Crippen molar-refractivity contribution in [2.24, 2.45) is 5.92 Å². The molecule has 1 saturated heterocycles. The predicted octanol–water partition coefficient (Wildman–Crippen LogP) is 5.16. The van der Waals surface area contributed by atoms with Crippen LogP contribution in [0.4, 0.5) is 5.69 Å². The molecule has 9 heteroatoms. The van der Waals surface area contributed by atoms with E-state index < -0.39 is 10.0 Å². The molecule has 31 heavy (non-hydrogen) atoms. The van der Waals surface area contributed by atoms with E-state index in [0.29, 0.717) is 34.3 Å². The van der Waals surface area contributed by atoms with Crippen LogP contribution in [0.25, 0.3) is 0 Å². The largest absolute Gasteiger partial charge is 0.495 e. The number of rotatable bonds is 6. The third-order valence-corrected chi connectivity index (χ3v) is 7.95. The molecule has 1 fully saturated rings. The Labute approximate surface area is 193 Å². The number of ether oxygens (including phenoxy) is 1. The zero-order valence-electron chi connectivity index (χ0n) is 17.7. The third kappa shape index (κ3) is 5.34. The number of anilines is 1. The number of methoxy groups -OCH3 is 1. The smallest absolute Gasteiger partial charge is 0.246 e. The average Bonchev–Trinajstić information content (AvgIpc) is 2.75. The molecule has 168 valence electrons. The Bertz CT molecular complexity index is 1070. The highest BCUT2D eigenvalue weighted by atomic mass is 35.5. The molecule has 6 nitrogen and oxygen atoms in total. The number of nitrogens with zero attached hydrogens (tertiary/aromatic N) is 1. The second-order valence-corrected chi connectivity index (χ2v) is 10.6. The van der Waals surface area contributed by atoms with Crippen molar-refractivity contribution in [2.45, 2.75) is 37.5 Å². The van der Waals surface area contributed by atoms with Crippen LogP contribution in [0.15, 0.2) is 41.3 Å². The van der Waals surface area contributed by atoms with Gasteiger partial charge in [-0.2, -0.15) is 4.31 Å². The number of amides is 1. The minimum absolute atomic E-state index is 0.164. The lowest BCUT2D eigenvalue weighted by molar-refractivity contribution is -0.120. The molecule has 1 aliphatic heterocycles. The maximum atomic E-state index is 13.3. The molecule has 0 atom stereocenters. The zero-order chi connectivity index (χ0) is 22.8. The van der Waals surface area contributed by atoms with Gasteiger partial charge in [-0.05, 0) is 54.7 Å². The van der Waals surface area contributed by atoms with Gasteiger partial charge in [0.05, 0.1) is 17.8 Å². The summed E-state index contributed by atoms with van der Waals surface area (Å²) in [4.78, 5) is 12.8. The predicted molar refractivity (Wildman–Crippen MR) is 124 cm³/mol. The number of nitrogens with one attached hydrogen (secondary N) is 1. The first kappa shape index (κ1) is 23.9. The molecule has 1 heterocycles. The molecule has 1 N–H and O–H groups in total. The van der Waals surface area contributed by atoms with Crippen molar-refractivity contribution >= 4 is 44.8 Å². The molecule has 0 radical (unpaired) electrons. The van der Waals surface area contributed by atoms with Crippen molar-refractivity contribution in [2.75, 3.05) is 25.5 Å². The van der Waals surface area contributed by atoms with Gasteiger partial charge in [0.25, 0.3) is 0 Å². The van der Waals surface area contributed by atoms with Crippen LogP contribution < -0.4 is 10.1 Å². The molecule has 0 aromatic heterocycles. The normalized spacial score (nSPS) is 15.8. The van der Waals surface area contributed by atoms with E-state index in [1.165, 1.54) is 11.4 Å². The SMILES string of the molecule is COc1ccc(C(C)C)cc1S(=O)(=O)N1CCC(C(=O)Nc2ccc(Cl)cc2Cl)CC1. The van der Waals surface area contributed by atoms with E-state index in [1.807, 2.05) is 19.9 Å². The van der Waals surface area contributed by atoms with Crippen molar-refractivity contribution in [3.05, 3.63) is 52.0 Å². The highest BCUT2D eigenvalue weighted by molar-refractivity contribution is 7.89. The molecule has 1 aliphatic rings. The number of piperidine rings is 1. The summed E-state index contributed by atoms with van der Waals surface area (Å²) in [6.07, 6.45) is 0.838. The molecule has 0 saturated carbocycles. The van der Waals surface area contributed by atoms with Crippen molar-refractivity contribution < 1.29 is 17.9 Å². The molecule has 0 spiro atoms. The van der Waals surface area contributed by atoms with E-state index in [4.69, 9.17) is 27.9 Å². The van der Waals surface area contributed by atoms with Crippen LogP contribution in [-0.2, 0) is 14.8 Å². The van der Waals surface area contributed by atoms with Crippen molar-refractivity contribution in [3.8, 4) is 5.75 Å². The number of carbonyl (C=O) groups excluding carboxylic acids is 1. The molecule has 2 aromatic carbocycles. The molecular formula is C22H26Cl2N2O4S. The van der Waals surface area contributed by atoms with Crippen molar-refractivity contribution in [1.29, 1.82) is 0 Å². The minimum atomic E-state index is -3.74. The second kappa shape index (κ2) is 9.77. The molecule has 0 unspecified atom stereocenters. The summed E-state index contributed by atoms with van der Waals surface area (Å²) in [6.45, 7) is 4.53. The maximum absolute atomic E-state index is 13.3. The summed E-state index contributed by atoms with van der Waals surface area (Å²) >= 11 is 12.0. The minimum Gasteiger partial charge on any atom is -0.495 e. The average molecular weight is 485 g/mol. The van der Waals surface area contributed by atoms with E-state index in [9.17, 15) is 13.2 Å². The van der Waals surface area contributed by atoms with Gasteiger partial charge in [-0.25, -0.2) is 8.42 Å². The first-order valence-corrected chi connectivity index (χ1v) is 12.3. The van der Waals surface area contributed by atoms with Gasteiger partial charge in [-0.15, -0.1) is 0 Å². The first-order chi connectivity index (χ1) is 14.6. The Morgan fingerprint density at radius 3 is 2.39 bits per heavy atom. The fourth-order valence-corrected chi connectivity index (χ4v) is 5.69. The topological polar surface area (TPSA) is 75.7 Å². The molecular weight excluding hydrogens is 459 g/mol. The summed E-state index contributed by atoms with van der Waals surface area (Å²) < 4.78 is 33.3. The summed E-state index contributed by atoms with van der Waals surface area (Å²) in [5.74, 6) is 0.0263. The number of hydrogen-bond acceptors (Lipinski definition) is 4. The van der Waals surface area contributed by atoms with Crippen molar-refractivity contribution in [3.63, 3.8) is 0 Å². The van der Waals surface area contributed by atoms with Crippen LogP contribution in [0.2, 0.25) is 10.0 Å². The lowest BCUT2D eigenvalue weighted by Crippen LogP contribution is -2.41. The fourth-order valence-electron chi connectivity index (χ4n) is 3.58. The summed E-state index contributed by atoms with van der Waals surface area (Å²) in [7, 11) is -2.28. The highest BCUT2D eigenvalue weighted by Crippen LogP contribution is 2.33. The van der Waals surface area contributed by atoms with E-state index >= 15 is 0 Å². The van der Waals surface area contributed by atoms with Crippen LogP contribution in [-0.4, -0.2) is 38.8 Å². The molecule has 2 aromatic rings. The van der Waals surface area contributed by atoms with Gasteiger partial charge in [0.2, 0.25) is 15.9 Å². The maximum Gasteiger partial charge on any atom is 0.246 e. The third-order valence-electron chi connectivity index (χ3n) is 5.49. The molecule has 0 aliphatic carbocycles. The summed E-state index contributed by atoms with van der Waals surface area (Å²) in [6, 6.07) is 10.1. The lowest BCUT2D eigenvalue weighted by Gasteiger charge is -2.31. The number of carbonyl (C=O) groups is 1. The Morgan fingerprint density at radius 1 is 1.13 bits per heavy atom. The quantitative estimate of drug-likeness (QED) is 0.613. The first-order valence-electron chi connectivity index (χ1n) is 10.1. The van der Waals surface area contributed by atoms with Gasteiger partial charge < -0.3 is 10.1 Å². The second-order valence-electron chi connectivity index (χ2n) is 7.86. The number of halogens is 2. The van der Waals surface area contributed by atoms with Gasteiger partial charge in [-0.3, -0.25) is 4.79 Å². The molecule has 0 bridgehead atoms. The summed E-state index contributed by atoms with van der Waals surface area (Å²) in [5, 5.41) is 3.66. The Morgan fingerprint density at radius 2 is 1.81 bits per heavy atom. The Kier molecular flexibility index (Phi) is 7.52. The van der Waals surface area contributed by atoms with Gasteiger partial charge in [0.1, 0.15) is 10.6 Å². The Hall–Kier alpha value is -1.80. The fraction of sp³-hybridized carbons (Fsp3) is 0.409. The van der Waals surface area contributed by atoms with Crippen LogP contribution >= 0.6 is 23.2 Å². The van der Waals surface area contributed by atoms with Gasteiger partial charge in [0.15, 0.2) is 0 Å². The summed E-state index contributed by atoms with van der Waals surface area (Å²) in [5.41, 5.74) is 1.41. The van der Waals surface area contributed by atoms with Crippen LogP contribution in [0, 0.1) is 5.92 Å². The van der Waals surface area contributed by atoms with Gasteiger partial charge in [0, 0.05) is 24.0 Å². The van der Waals surface area contributed by atoms with Crippen LogP contribution in [0.1, 0.15) is 38.2 Å². The van der Waals surface area contributed by atoms with Crippen LogP contribution in [0.3, 0.4) is 0 Å². The number of sulfonamides is 1. The number of hydrogen-bond donors (Lipinski definition) is 1. The van der Waals surface area contributed by atoms with Gasteiger partial charge >= 0.3 is 0 Å². The zero-order valence-corrected chi connectivity index (χ0v) is 20.0. The monoisotopic (exact) mass is 484 g/mol. The van der Waals surface area contributed by atoms with E-state index in [0.717, 1.165) is 5.56 Å². The molecule has 1 amide bonds. The van der Waals surface area contributed by atoms with E-state index in [1.54, 1.807) is 30.3 Å². The number of benzene rings is 2. The van der Waals surface area contributed by atoms with E-state index in [-0.39, 0.29) is 35.7 Å². The lowest BCUT2D eigenvalue weighted by atomic mass is 9.97.